The zero-order valence-corrected chi connectivity index (χ0v) is 17.0. The molecule has 7 heteroatoms. The Kier molecular flexibility index (Phi) is 5.07. The summed E-state index contributed by atoms with van der Waals surface area (Å²) in [5.41, 5.74) is 5.76. The molecule has 0 spiro atoms. The summed E-state index contributed by atoms with van der Waals surface area (Å²) in [5.74, 6) is 0.728. The number of para-hydroxylation sites is 1. The zero-order chi connectivity index (χ0) is 19.7. The summed E-state index contributed by atoms with van der Waals surface area (Å²) in [4.78, 5) is 11.3. The number of anilines is 3. The number of imidazole rings is 1. The van der Waals surface area contributed by atoms with Crippen molar-refractivity contribution in [2.24, 2.45) is 0 Å². The minimum Gasteiger partial charge on any atom is -0.384 e. The molecule has 4 aromatic rings. The normalized spacial score (nSPS) is 11.5. The Bertz CT molecular complexity index is 1110. The van der Waals surface area contributed by atoms with Crippen LogP contribution in [0, 0.1) is 6.92 Å². The fourth-order valence-electron chi connectivity index (χ4n) is 3.19. The van der Waals surface area contributed by atoms with Crippen molar-refractivity contribution >= 4 is 45.3 Å². The highest BCUT2D eigenvalue weighted by Crippen LogP contribution is 2.31. The van der Waals surface area contributed by atoms with E-state index in [1.54, 1.807) is 0 Å². The molecule has 0 aliphatic heterocycles. The first-order valence-corrected chi connectivity index (χ1v) is 9.57. The molecular weight excluding hydrogens is 372 g/mol. The summed E-state index contributed by atoms with van der Waals surface area (Å²) in [6.45, 7) is 3.86. The Morgan fingerprint density at radius 2 is 2.00 bits per heavy atom. The van der Waals surface area contributed by atoms with Gasteiger partial charge in [0.15, 0.2) is 5.82 Å². The summed E-state index contributed by atoms with van der Waals surface area (Å²) in [5, 5.41) is 7.52. The van der Waals surface area contributed by atoms with Crippen molar-refractivity contribution < 1.29 is 0 Å². The maximum atomic E-state index is 6.40. The summed E-state index contributed by atoms with van der Waals surface area (Å²) < 4.78 is 2.04. The van der Waals surface area contributed by atoms with Crippen LogP contribution in [0.25, 0.3) is 16.6 Å². The van der Waals surface area contributed by atoms with E-state index < -0.39 is 0 Å². The first-order valence-electron chi connectivity index (χ1n) is 9.19. The van der Waals surface area contributed by atoms with E-state index >= 15 is 0 Å². The predicted molar refractivity (Wildman–Crippen MR) is 117 cm³/mol. The van der Waals surface area contributed by atoms with E-state index in [9.17, 15) is 0 Å². The topological polar surface area (TPSA) is 57.5 Å². The first kappa shape index (κ1) is 18.5. The molecule has 0 fully saturated rings. The Balaban J connectivity index is 1.76. The van der Waals surface area contributed by atoms with Crippen molar-refractivity contribution in [2.75, 3.05) is 37.8 Å². The fraction of sp³-hybridized carbons (Fsp3) is 0.238. The predicted octanol–water partition coefficient (Wildman–Crippen LogP) is 4.56. The molecule has 144 valence electrons. The van der Waals surface area contributed by atoms with Crippen molar-refractivity contribution in [1.29, 1.82) is 0 Å². The zero-order valence-electron chi connectivity index (χ0n) is 16.2. The molecule has 0 unspecified atom stereocenters. The molecule has 4 rings (SSSR count). The van der Waals surface area contributed by atoms with Crippen molar-refractivity contribution in [1.82, 2.24) is 19.3 Å². The molecule has 2 heterocycles. The Morgan fingerprint density at radius 1 is 1.14 bits per heavy atom. The number of hydrogen-bond acceptors (Lipinski definition) is 5. The molecule has 2 aromatic carbocycles. The van der Waals surface area contributed by atoms with Crippen LogP contribution in [-0.2, 0) is 0 Å². The van der Waals surface area contributed by atoms with Gasteiger partial charge >= 0.3 is 0 Å². The number of nitrogens with zero attached hydrogens (tertiary/aromatic N) is 4. The van der Waals surface area contributed by atoms with Gasteiger partial charge in [-0.05, 0) is 50.8 Å². The number of halogens is 1. The Morgan fingerprint density at radius 3 is 2.79 bits per heavy atom. The van der Waals surface area contributed by atoms with Gasteiger partial charge in [0.05, 0.1) is 34.3 Å². The lowest BCUT2D eigenvalue weighted by Crippen LogP contribution is -2.20. The largest absolute Gasteiger partial charge is 0.384 e. The summed E-state index contributed by atoms with van der Waals surface area (Å²) in [6.07, 6.45) is 3.62. The monoisotopic (exact) mass is 394 g/mol. The van der Waals surface area contributed by atoms with Crippen LogP contribution < -0.4 is 10.6 Å². The van der Waals surface area contributed by atoms with E-state index in [1.807, 2.05) is 42.0 Å². The Labute approximate surface area is 169 Å². The van der Waals surface area contributed by atoms with Gasteiger partial charge in [-0.1, -0.05) is 23.7 Å². The molecule has 0 radical (unpaired) electrons. The van der Waals surface area contributed by atoms with E-state index in [-0.39, 0.29) is 0 Å². The second-order valence-corrected chi connectivity index (χ2v) is 7.51. The first-order chi connectivity index (χ1) is 13.5. The summed E-state index contributed by atoms with van der Waals surface area (Å²) in [7, 11) is 4.13. The van der Waals surface area contributed by atoms with Crippen LogP contribution in [0.4, 0.5) is 17.2 Å². The third-order valence-corrected chi connectivity index (χ3v) is 5.02. The number of aryl methyl sites for hydroxylation is 1. The van der Waals surface area contributed by atoms with Crippen LogP contribution >= 0.6 is 11.6 Å². The van der Waals surface area contributed by atoms with Crippen LogP contribution in [0.1, 0.15) is 5.56 Å². The van der Waals surface area contributed by atoms with Gasteiger partial charge in [-0.15, -0.1) is 0 Å². The SMILES string of the molecule is Cc1cccc(Cl)c1Nc1nc2cc(NCCN(C)C)ccc2n2cncc12. The second kappa shape index (κ2) is 7.66. The van der Waals surface area contributed by atoms with E-state index in [4.69, 9.17) is 16.6 Å². The van der Waals surface area contributed by atoms with Gasteiger partial charge < -0.3 is 15.5 Å². The number of benzene rings is 2. The van der Waals surface area contributed by atoms with Gasteiger partial charge in [0.1, 0.15) is 5.52 Å². The average molecular weight is 395 g/mol. The number of hydrogen-bond donors (Lipinski definition) is 2. The molecule has 0 saturated heterocycles. The molecule has 0 atom stereocenters. The van der Waals surface area contributed by atoms with Gasteiger partial charge in [0.25, 0.3) is 0 Å². The molecule has 0 saturated carbocycles. The molecule has 2 N–H and O–H groups in total. The maximum absolute atomic E-state index is 6.40. The standard InChI is InChI=1S/C21H23ClN6/c1-14-5-4-6-16(22)20(14)26-21-19-12-23-13-28(19)18-8-7-15(11-17(18)25-21)24-9-10-27(2)3/h4-8,11-13,24H,9-10H2,1-3H3,(H,25,26). The lowest BCUT2D eigenvalue weighted by atomic mass is 10.2. The van der Waals surface area contributed by atoms with E-state index in [0.717, 1.165) is 52.4 Å². The lowest BCUT2D eigenvalue weighted by molar-refractivity contribution is 0.425. The third kappa shape index (κ3) is 3.61. The molecule has 6 nitrogen and oxygen atoms in total. The Hall–Kier alpha value is -2.83. The molecule has 0 amide bonds. The highest BCUT2D eigenvalue weighted by molar-refractivity contribution is 6.33. The summed E-state index contributed by atoms with van der Waals surface area (Å²) in [6, 6.07) is 12.0. The van der Waals surface area contributed by atoms with Crippen molar-refractivity contribution in [3.63, 3.8) is 0 Å². The highest BCUT2D eigenvalue weighted by Gasteiger charge is 2.12. The van der Waals surface area contributed by atoms with E-state index in [2.05, 4.69) is 52.8 Å². The average Bonchev–Trinajstić information content (AvgIpc) is 3.14. The number of aromatic nitrogens is 3. The lowest BCUT2D eigenvalue weighted by Gasteiger charge is -2.15. The highest BCUT2D eigenvalue weighted by atomic mass is 35.5. The maximum Gasteiger partial charge on any atom is 0.157 e. The van der Waals surface area contributed by atoms with Crippen LogP contribution in [0.3, 0.4) is 0 Å². The summed E-state index contributed by atoms with van der Waals surface area (Å²) >= 11 is 6.40. The number of likely N-dealkylation sites (N-methyl/N-ethyl adjacent to an activating group) is 1. The second-order valence-electron chi connectivity index (χ2n) is 7.10. The van der Waals surface area contributed by atoms with E-state index in [0.29, 0.717) is 5.02 Å². The van der Waals surface area contributed by atoms with Crippen LogP contribution in [-0.4, -0.2) is 46.5 Å². The molecule has 2 aromatic heterocycles. The molecule has 0 aliphatic rings. The van der Waals surface area contributed by atoms with Crippen LogP contribution in [0.15, 0.2) is 48.9 Å². The van der Waals surface area contributed by atoms with Gasteiger partial charge in [0.2, 0.25) is 0 Å². The van der Waals surface area contributed by atoms with Crippen LogP contribution in [0.5, 0.6) is 0 Å². The minimum absolute atomic E-state index is 0.665. The molecule has 28 heavy (non-hydrogen) atoms. The van der Waals surface area contributed by atoms with E-state index in [1.165, 1.54) is 0 Å². The third-order valence-electron chi connectivity index (χ3n) is 4.70. The molecular formula is C21H23ClN6. The minimum atomic E-state index is 0.665. The van der Waals surface area contributed by atoms with Gasteiger partial charge in [-0.2, -0.15) is 0 Å². The smallest absolute Gasteiger partial charge is 0.157 e. The number of fused-ring (bicyclic) bond motifs is 3. The van der Waals surface area contributed by atoms with Gasteiger partial charge in [-0.3, -0.25) is 4.40 Å². The van der Waals surface area contributed by atoms with Crippen molar-refractivity contribution in [3.05, 3.63) is 59.5 Å². The van der Waals surface area contributed by atoms with Crippen LogP contribution in [0.2, 0.25) is 5.02 Å². The quantitative estimate of drug-likeness (QED) is 0.502. The number of nitrogens with one attached hydrogen (secondary N) is 2. The molecule has 0 bridgehead atoms. The van der Waals surface area contributed by atoms with Gasteiger partial charge in [-0.25, -0.2) is 9.97 Å². The molecule has 0 aliphatic carbocycles. The van der Waals surface area contributed by atoms with Crippen molar-refractivity contribution in [3.8, 4) is 0 Å². The number of rotatable bonds is 6. The fourth-order valence-corrected chi connectivity index (χ4v) is 3.46. The van der Waals surface area contributed by atoms with Gasteiger partial charge in [0, 0.05) is 18.8 Å². The van der Waals surface area contributed by atoms with Crippen molar-refractivity contribution in [2.45, 2.75) is 6.92 Å².